The summed E-state index contributed by atoms with van der Waals surface area (Å²) in [5.74, 6) is -1.03. The summed E-state index contributed by atoms with van der Waals surface area (Å²) < 4.78 is 16.1. The molecule has 0 bridgehead atoms. The Morgan fingerprint density at radius 1 is 1.23 bits per heavy atom. The summed E-state index contributed by atoms with van der Waals surface area (Å²) in [5, 5.41) is 18.0. The van der Waals surface area contributed by atoms with Gasteiger partial charge in [0.15, 0.2) is 17.2 Å². The quantitative estimate of drug-likeness (QED) is 0.624. The predicted octanol–water partition coefficient (Wildman–Crippen LogP) is 1.53. The van der Waals surface area contributed by atoms with Crippen LogP contribution in [0.25, 0.3) is 11.1 Å². The second kappa shape index (κ2) is 6.65. The predicted molar refractivity (Wildman–Crippen MR) is 88.1 cm³/mol. The molecule has 3 N–H and O–H groups in total. The number of hydrogen-bond donors (Lipinski definition) is 3. The molecule has 3 aromatic rings. The molecular formula is C16H16N4O6. The first kappa shape index (κ1) is 16.4. The molecule has 1 aliphatic rings. The van der Waals surface area contributed by atoms with E-state index in [2.05, 4.69) is 20.4 Å². The molecule has 1 amide bonds. The molecule has 0 radical (unpaired) electrons. The number of anilines is 1. The van der Waals surface area contributed by atoms with E-state index in [0.717, 1.165) is 13.1 Å². The third-order valence-corrected chi connectivity index (χ3v) is 4.05. The van der Waals surface area contributed by atoms with Crippen molar-refractivity contribution in [2.45, 2.75) is 6.54 Å². The molecule has 136 valence electrons. The lowest BCUT2D eigenvalue weighted by Gasteiger charge is -2.25. The number of furan rings is 2. The minimum atomic E-state index is -1.20. The number of rotatable bonds is 5. The van der Waals surface area contributed by atoms with Crippen LogP contribution in [0.3, 0.4) is 0 Å². The summed E-state index contributed by atoms with van der Waals surface area (Å²) in [7, 11) is 0. The Bertz CT molecular complexity index is 949. The molecule has 0 saturated carbocycles. The first-order valence-corrected chi connectivity index (χ1v) is 8.01. The molecule has 1 fully saturated rings. The normalized spacial score (nSPS) is 15.4. The third kappa shape index (κ3) is 3.19. The maximum absolute atomic E-state index is 12.4. The highest BCUT2D eigenvalue weighted by Crippen LogP contribution is 2.25. The third-order valence-electron chi connectivity index (χ3n) is 4.05. The van der Waals surface area contributed by atoms with Crippen molar-refractivity contribution in [1.29, 1.82) is 0 Å². The topological polar surface area (TPSA) is 134 Å². The molecule has 3 aromatic heterocycles. The van der Waals surface area contributed by atoms with Crippen LogP contribution in [0.5, 0.6) is 0 Å². The van der Waals surface area contributed by atoms with Crippen LogP contribution < -0.4 is 5.32 Å². The minimum Gasteiger partial charge on any atom is -0.475 e. The lowest BCUT2D eigenvalue weighted by Crippen LogP contribution is -2.35. The molecule has 4 rings (SSSR count). The van der Waals surface area contributed by atoms with E-state index >= 15 is 0 Å². The number of carbonyl (C=O) groups excluding carboxylic acids is 1. The summed E-state index contributed by atoms with van der Waals surface area (Å²) >= 11 is 0. The van der Waals surface area contributed by atoms with Gasteiger partial charge in [-0.2, -0.15) is 5.10 Å². The number of nitrogens with zero attached hydrogens (tertiary/aromatic N) is 2. The van der Waals surface area contributed by atoms with Crippen LogP contribution >= 0.6 is 0 Å². The monoisotopic (exact) mass is 360 g/mol. The van der Waals surface area contributed by atoms with E-state index in [1.807, 2.05) is 0 Å². The fraction of sp³-hybridized carbons (Fsp3) is 0.312. The maximum atomic E-state index is 12.4. The van der Waals surface area contributed by atoms with Gasteiger partial charge in [-0.15, -0.1) is 0 Å². The zero-order valence-corrected chi connectivity index (χ0v) is 13.7. The van der Waals surface area contributed by atoms with Crippen LogP contribution in [-0.2, 0) is 11.3 Å². The van der Waals surface area contributed by atoms with Gasteiger partial charge < -0.3 is 18.7 Å². The zero-order chi connectivity index (χ0) is 18.1. The smallest absolute Gasteiger partial charge is 0.371 e. The van der Waals surface area contributed by atoms with Gasteiger partial charge in [0.1, 0.15) is 11.3 Å². The van der Waals surface area contributed by atoms with Gasteiger partial charge in [0.05, 0.1) is 19.8 Å². The number of H-pyrrole nitrogens is 1. The average molecular weight is 360 g/mol. The van der Waals surface area contributed by atoms with Gasteiger partial charge in [0, 0.05) is 19.2 Å². The van der Waals surface area contributed by atoms with Crippen molar-refractivity contribution in [2.75, 3.05) is 31.6 Å². The van der Waals surface area contributed by atoms with Crippen molar-refractivity contribution >= 4 is 28.8 Å². The van der Waals surface area contributed by atoms with Crippen molar-refractivity contribution in [3.63, 3.8) is 0 Å². The highest BCUT2D eigenvalue weighted by Gasteiger charge is 2.20. The largest absolute Gasteiger partial charge is 0.475 e. The number of carboxylic acid groups (broad SMARTS) is 1. The molecule has 0 aromatic carbocycles. The van der Waals surface area contributed by atoms with Crippen molar-refractivity contribution < 1.29 is 28.3 Å². The summed E-state index contributed by atoms with van der Waals surface area (Å²) in [6.07, 6.45) is 0. The molecule has 10 heteroatoms. The molecular weight excluding hydrogens is 344 g/mol. The van der Waals surface area contributed by atoms with Gasteiger partial charge in [-0.25, -0.2) is 4.79 Å². The second-order valence-electron chi connectivity index (χ2n) is 5.84. The zero-order valence-electron chi connectivity index (χ0n) is 13.7. The van der Waals surface area contributed by atoms with Crippen LogP contribution in [-0.4, -0.2) is 58.4 Å². The van der Waals surface area contributed by atoms with Crippen LogP contribution in [0.4, 0.5) is 5.82 Å². The number of carbonyl (C=O) groups is 2. The van der Waals surface area contributed by atoms with Crippen LogP contribution in [0.1, 0.15) is 26.9 Å². The number of nitrogens with one attached hydrogen (secondary N) is 2. The number of ether oxygens (including phenoxy) is 1. The SMILES string of the molecule is O=C(O)c1cc2[nH]nc(NC(=O)c3ccc(CN4CCOCC4)o3)c2o1. The average Bonchev–Trinajstić information content (AvgIpc) is 3.33. The van der Waals surface area contributed by atoms with E-state index in [-0.39, 0.29) is 22.9 Å². The molecule has 0 spiro atoms. The number of fused-ring (bicyclic) bond motifs is 1. The Morgan fingerprint density at radius 2 is 2.04 bits per heavy atom. The van der Waals surface area contributed by atoms with Gasteiger partial charge >= 0.3 is 5.97 Å². The summed E-state index contributed by atoms with van der Waals surface area (Å²) in [6, 6.07) is 4.63. The van der Waals surface area contributed by atoms with E-state index in [0.29, 0.717) is 31.0 Å². The molecule has 0 aliphatic carbocycles. The fourth-order valence-corrected chi connectivity index (χ4v) is 2.74. The number of carboxylic acids is 1. The van der Waals surface area contributed by atoms with Crippen LogP contribution in [0, 0.1) is 0 Å². The van der Waals surface area contributed by atoms with E-state index < -0.39 is 11.9 Å². The molecule has 26 heavy (non-hydrogen) atoms. The second-order valence-corrected chi connectivity index (χ2v) is 5.84. The highest BCUT2D eigenvalue weighted by molar-refractivity contribution is 6.05. The van der Waals surface area contributed by atoms with Crippen LogP contribution in [0.2, 0.25) is 0 Å². The minimum absolute atomic E-state index is 0.101. The fourth-order valence-electron chi connectivity index (χ4n) is 2.74. The number of aromatic carboxylic acids is 1. The highest BCUT2D eigenvalue weighted by atomic mass is 16.5. The lowest BCUT2D eigenvalue weighted by molar-refractivity contribution is 0.0312. The standard InChI is InChI=1S/C16H16N4O6/c21-15(11-2-1-9(25-11)8-20-3-5-24-6-4-20)17-14-13-10(18-19-14)7-12(26-13)16(22)23/h1-2,7H,3-6,8H2,(H,22,23)(H2,17,18,19,21). The van der Waals surface area contributed by atoms with Gasteiger partial charge in [-0.3, -0.25) is 20.1 Å². The molecule has 1 aliphatic heterocycles. The lowest BCUT2D eigenvalue weighted by atomic mass is 10.3. The molecule has 0 unspecified atom stereocenters. The molecule has 0 atom stereocenters. The Kier molecular flexibility index (Phi) is 4.19. The van der Waals surface area contributed by atoms with Crippen molar-refractivity contribution in [3.8, 4) is 0 Å². The first-order chi connectivity index (χ1) is 12.6. The van der Waals surface area contributed by atoms with Gasteiger partial charge in [0.25, 0.3) is 5.91 Å². The van der Waals surface area contributed by atoms with Crippen molar-refractivity contribution in [2.24, 2.45) is 0 Å². The molecule has 10 nitrogen and oxygen atoms in total. The number of aromatic amines is 1. The van der Waals surface area contributed by atoms with E-state index in [9.17, 15) is 9.59 Å². The van der Waals surface area contributed by atoms with Gasteiger partial charge in [-0.1, -0.05) is 0 Å². The molecule has 4 heterocycles. The van der Waals surface area contributed by atoms with Crippen LogP contribution in [0.15, 0.2) is 27.0 Å². The first-order valence-electron chi connectivity index (χ1n) is 8.01. The Hall–Kier alpha value is -3.11. The van der Waals surface area contributed by atoms with Gasteiger partial charge in [0.2, 0.25) is 5.76 Å². The van der Waals surface area contributed by atoms with Crippen molar-refractivity contribution in [1.82, 2.24) is 15.1 Å². The van der Waals surface area contributed by atoms with E-state index in [1.165, 1.54) is 6.07 Å². The summed E-state index contributed by atoms with van der Waals surface area (Å²) in [4.78, 5) is 25.5. The van der Waals surface area contributed by atoms with Crippen molar-refractivity contribution in [3.05, 3.63) is 35.5 Å². The number of amides is 1. The number of aromatic nitrogens is 2. The van der Waals surface area contributed by atoms with E-state index in [4.69, 9.17) is 18.7 Å². The van der Waals surface area contributed by atoms with E-state index in [1.54, 1.807) is 12.1 Å². The van der Waals surface area contributed by atoms with Gasteiger partial charge in [-0.05, 0) is 12.1 Å². The number of morpholine rings is 1. The molecule has 1 saturated heterocycles. The Morgan fingerprint density at radius 3 is 2.81 bits per heavy atom. The Balaban J connectivity index is 1.45. The summed E-state index contributed by atoms with van der Waals surface area (Å²) in [5.41, 5.74) is 0.543. The number of hydrogen-bond acceptors (Lipinski definition) is 7. The Labute approximate surface area is 146 Å². The summed E-state index contributed by atoms with van der Waals surface area (Å²) in [6.45, 7) is 3.61. The maximum Gasteiger partial charge on any atom is 0.371 e.